The molecule has 0 radical (unpaired) electrons. The van der Waals surface area contributed by atoms with Crippen molar-refractivity contribution in [2.45, 2.75) is 20.3 Å². The lowest BCUT2D eigenvalue weighted by atomic mass is 9.72. The van der Waals surface area contributed by atoms with E-state index in [2.05, 4.69) is 68.5 Å². The molecule has 0 spiro atoms. The maximum atomic E-state index is 2.38. The molecule has 90 valence electrons. The third-order valence-electron chi connectivity index (χ3n) is 3.93. The molecular formula is C18H18. The summed E-state index contributed by atoms with van der Waals surface area (Å²) in [5.41, 5.74) is 7.17. The van der Waals surface area contributed by atoms with E-state index in [0.717, 1.165) is 6.42 Å². The second kappa shape index (κ2) is 4.45. The Morgan fingerprint density at radius 3 is 2.83 bits per heavy atom. The van der Waals surface area contributed by atoms with Gasteiger partial charge in [0, 0.05) is 5.92 Å². The van der Waals surface area contributed by atoms with Gasteiger partial charge in [-0.1, -0.05) is 67.1 Å². The van der Waals surface area contributed by atoms with Crippen LogP contribution < -0.4 is 0 Å². The number of hydrogen-bond acceptors (Lipinski definition) is 0. The van der Waals surface area contributed by atoms with Gasteiger partial charge in [-0.2, -0.15) is 0 Å². The number of fused-ring (bicyclic) bond motifs is 3. The molecule has 0 nitrogen and oxygen atoms in total. The summed E-state index contributed by atoms with van der Waals surface area (Å²) in [4.78, 5) is 0. The van der Waals surface area contributed by atoms with E-state index in [0.29, 0.717) is 5.92 Å². The fourth-order valence-electron chi connectivity index (χ4n) is 3.03. The van der Waals surface area contributed by atoms with E-state index in [4.69, 9.17) is 0 Å². The first kappa shape index (κ1) is 11.3. The smallest absolute Gasteiger partial charge is 0.0305 e. The van der Waals surface area contributed by atoms with E-state index in [1.807, 2.05) is 0 Å². The van der Waals surface area contributed by atoms with Crippen LogP contribution in [0.25, 0.3) is 11.6 Å². The highest BCUT2D eigenvalue weighted by molar-refractivity contribution is 5.86. The second-order valence-electron chi connectivity index (χ2n) is 4.86. The van der Waals surface area contributed by atoms with E-state index < -0.39 is 0 Å². The Labute approximate surface area is 109 Å². The molecule has 0 heterocycles. The monoisotopic (exact) mass is 234 g/mol. The van der Waals surface area contributed by atoms with Crippen molar-refractivity contribution in [2.75, 3.05) is 0 Å². The van der Waals surface area contributed by atoms with Crippen LogP contribution in [0.3, 0.4) is 0 Å². The summed E-state index contributed by atoms with van der Waals surface area (Å²) in [6.45, 7) is 4.39. The van der Waals surface area contributed by atoms with Gasteiger partial charge in [0.25, 0.3) is 0 Å². The van der Waals surface area contributed by atoms with Gasteiger partial charge in [0.1, 0.15) is 0 Å². The van der Waals surface area contributed by atoms with E-state index in [9.17, 15) is 0 Å². The van der Waals surface area contributed by atoms with Gasteiger partial charge in [0.15, 0.2) is 0 Å². The van der Waals surface area contributed by atoms with Crippen LogP contribution in [-0.4, -0.2) is 0 Å². The summed E-state index contributed by atoms with van der Waals surface area (Å²) in [7, 11) is 0. The lowest BCUT2D eigenvalue weighted by Gasteiger charge is -2.31. The normalized spacial score (nSPS) is 23.2. The van der Waals surface area contributed by atoms with E-state index in [1.54, 1.807) is 0 Å². The number of hydrogen-bond donors (Lipinski definition) is 0. The largest absolute Gasteiger partial charge is 0.0835 e. The molecule has 2 aliphatic carbocycles. The molecule has 0 N–H and O–H groups in total. The molecule has 0 aliphatic heterocycles. The van der Waals surface area contributed by atoms with Crippen molar-refractivity contribution in [3.8, 4) is 0 Å². The Kier molecular flexibility index (Phi) is 2.79. The molecule has 1 atom stereocenters. The Morgan fingerprint density at radius 1 is 1.22 bits per heavy atom. The van der Waals surface area contributed by atoms with Gasteiger partial charge < -0.3 is 0 Å². The summed E-state index contributed by atoms with van der Waals surface area (Å²) in [5, 5.41) is 0. The van der Waals surface area contributed by atoms with Crippen LogP contribution in [0, 0.1) is 5.92 Å². The van der Waals surface area contributed by atoms with Gasteiger partial charge in [0.05, 0.1) is 0 Å². The van der Waals surface area contributed by atoms with Crippen LogP contribution in [0.5, 0.6) is 0 Å². The Balaban J connectivity index is 2.24. The molecule has 18 heavy (non-hydrogen) atoms. The first-order chi connectivity index (χ1) is 8.85. The van der Waals surface area contributed by atoms with Crippen molar-refractivity contribution in [1.82, 2.24) is 0 Å². The van der Waals surface area contributed by atoms with Crippen LogP contribution in [0.15, 0.2) is 59.7 Å². The maximum absolute atomic E-state index is 2.38. The van der Waals surface area contributed by atoms with Gasteiger partial charge in [0.2, 0.25) is 0 Å². The van der Waals surface area contributed by atoms with Gasteiger partial charge in [-0.25, -0.2) is 0 Å². The summed E-state index contributed by atoms with van der Waals surface area (Å²) in [6, 6.07) is 8.72. The van der Waals surface area contributed by atoms with Crippen LogP contribution >= 0.6 is 0 Å². The average molecular weight is 234 g/mol. The minimum atomic E-state index is 0.472. The molecular weight excluding hydrogens is 216 g/mol. The third kappa shape index (κ3) is 1.60. The average Bonchev–Trinajstić information content (AvgIpc) is 2.45. The number of rotatable bonds is 1. The zero-order valence-corrected chi connectivity index (χ0v) is 11.0. The molecule has 1 aromatic rings. The molecule has 0 aromatic heterocycles. The molecule has 0 fully saturated rings. The summed E-state index contributed by atoms with van der Waals surface area (Å²) >= 11 is 0. The zero-order chi connectivity index (χ0) is 12.5. The fourth-order valence-corrected chi connectivity index (χ4v) is 3.03. The molecule has 3 rings (SSSR count). The van der Waals surface area contributed by atoms with Crippen LogP contribution in [0.1, 0.15) is 31.4 Å². The van der Waals surface area contributed by atoms with E-state index in [-0.39, 0.29) is 0 Å². The Bertz CT molecular complexity index is 594. The van der Waals surface area contributed by atoms with E-state index in [1.165, 1.54) is 27.8 Å². The number of allylic oxidation sites excluding steroid dienone is 7. The molecule has 0 amide bonds. The quantitative estimate of drug-likeness (QED) is 0.640. The predicted molar refractivity (Wildman–Crippen MR) is 79.1 cm³/mol. The molecule has 0 saturated heterocycles. The number of benzene rings is 1. The van der Waals surface area contributed by atoms with E-state index >= 15 is 0 Å². The summed E-state index contributed by atoms with van der Waals surface area (Å²) in [6.07, 6.45) is 12.4. The van der Waals surface area contributed by atoms with Crippen LogP contribution in [0.4, 0.5) is 0 Å². The minimum absolute atomic E-state index is 0.472. The minimum Gasteiger partial charge on any atom is -0.0835 e. The topological polar surface area (TPSA) is 0 Å². The van der Waals surface area contributed by atoms with Crippen molar-refractivity contribution >= 4 is 11.6 Å². The molecule has 2 aliphatic rings. The molecule has 0 saturated carbocycles. The highest BCUT2D eigenvalue weighted by atomic mass is 14.3. The first-order valence-corrected chi connectivity index (χ1v) is 6.69. The SMILES string of the molecule is C/C=C1/C=CC=C2c3ccccc3C=C(CC)C21. The van der Waals surface area contributed by atoms with Crippen molar-refractivity contribution in [2.24, 2.45) is 5.92 Å². The molecule has 0 bridgehead atoms. The summed E-state index contributed by atoms with van der Waals surface area (Å²) in [5.74, 6) is 0.472. The van der Waals surface area contributed by atoms with Crippen molar-refractivity contribution in [3.05, 3.63) is 70.8 Å². The molecule has 1 aromatic carbocycles. The Hall–Kier alpha value is -1.82. The van der Waals surface area contributed by atoms with Crippen molar-refractivity contribution in [3.63, 3.8) is 0 Å². The van der Waals surface area contributed by atoms with Gasteiger partial charge in [-0.3, -0.25) is 0 Å². The van der Waals surface area contributed by atoms with Gasteiger partial charge >= 0.3 is 0 Å². The zero-order valence-electron chi connectivity index (χ0n) is 11.0. The van der Waals surface area contributed by atoms with Crippen molar-refractivity contribution in [1.29, 1.82) is 0 Å². The first-order valence-electron chi connectivity index (χ1n) is 6.69. The van der Waals surface area contributed by atoms with Crippen molar-refractivity contribution < 1.29 is 0 Å². The lowest BCUT2D eigenvalue weighted by Crippen LogP contribution is -2.15. The Morgan fingerprint density at radius 2 is 2.06 bits per heavy atom. The lowest BCUT2D eigenvalue weighted by molar-refractivity contribution is 0.866. The third-order valence-corrected chi connectivity index (χ3v) is 3.93. The fraction of sp³-hybridized carbons (Fsp3) is 0.222. The van der Waals surface area contributed by atoms with Gasteiger partial charge in [-0.15, -0.1) is 0 Å². The standard InChI is InChI=1S/C18H18/c1-3-13-9-7-11-17-16-10-6-5-8-15(16)12-14(4-2)18(13)17/h3,5-12,18H,4H2,1-2H3/b13-3-. The summed E-state index contributed by atoms with van der Waals surface area (Å²) < 4.78 is 0. The molecule has 0 heteroatoms. The van der Waals surface area contributed by atoms with Crippen LogP contribution in [-0.2, 0) is 0 Å². The highest BCUT2D eigenvalue weighted by Crippen LogP contribution is 2.44. The van der Waals surface area contributed by atoms with Crippen LogP contribution in [0.2, 0.25) is 0 Å². The van der Waals surface area contributed by atoms with Gasteiger partial charge in [-0.05, 0) is 35.6 Å². The molecule has 1 unspecified atom stereocenters. The predicted octanol–water partition coefficient (Wildman–Crippen LogP) is 5.01. The highest BCUT2D eigenvalue weighted by Gasteiger charge is 2.27. The maximum Gasteiger partial charge on any atom is 0.0305 e. The second-order valence-corrected chi connectivity index (χ2v) is 4.86.